The molecule has 2 amide bonds. The average Bonchev–Trinajstić information content (AvgIpc) is 2.59. The first-order valence-electron chi connectivity index (χ1n) is 8.53. The fourth-order valence-corrected chi connectivity index (χ4v) is 3.39. The van der Waals surface area contributed by atoms with Crippen LogP contribution in [0.1, 0.15) is 38.8 Å². The third-order valence-electron chi connectivity index (χ3n) is 4.16. The largest absolute Gasteiger partial charge is 0.463 e. The number of urea groups is 1. The monoisotopic (exact) mass is 399 g/mol. The summed E-state index contributed by atoms with van der Waals surface area (Å²) in [6.07, 6.45) is 0.587. The van der Waals surface area contributed by atoms with E-state index in [1.807, 2.05) is 19.9 Å². The van der Waals surface area contributed by atoms with E-state index in [2.05, 4.69) is 16.0 Å². The number of benzene rings is 1. The van der Waals surface area contributed by atoms with Gasteiger partial charge >= 0.3 is 12.0 Å². The van der Waals surface area contributed by atoms with Crippen molar-refractivity contribution in [2.24, 2.45) is 0 Å². The highest BCUT2D eigenvalue weighted by molar-refractivity contribution is 6.35. The lowest BCUT2D eigenvalue weighted by atomic mass is 10.00. The van der Waals surface area contributed by atoms with E-state index < -0.39 is 5.97 Å². The number of rotatable bonds is 7. The molecule has 1 aromatic carbocycles. The highest BCUT2D eigenvalue weighted by Gasteiger charge is 2.31. The van der Waals surface area contributed by atoms with Gasteiger partial charge in [0, 0.05) is 28.3 Å². The third kappa shape index (κ3) is 4.90. The Morgan fingerprint density at radius 3 is 2.69 bits per heavy atom. The molecule has 1 aromatic rings. The molecule has 26 heavy (non-hydrogen) atoms. The molecule has 0 spiro atoms. The zero-order valence-corrected chi connectivity index (χ0v) is 16.5. The molecule has 1 aliphatic rings. The number of carbonyl (C=O) groups excluding carboxylic acids is 2. The Morgan fingerprint density at radius 2 is 2.08 bits per heavy atom. The Morgan fingerprint density at radius 1 is 1.35 bits per heavy atom. The molecule has 0 radical (unpaired) electrons. The maximum Gasteiger partial charge on any atom is 0.337 e. The number of halogens is 2. The first-order chi connectivity index (χ1) is 12.4. The van der Waals surface area contributed by atoms with Gasteiger partial charge in [-0.15, -0.1) is 0 Å². The topological polar surface area (TPSA) is 79.5 Å². The summed E-state index contributed by atoms with van der Waals surface area (Å²) in [6, 6.07) is 4.47. The number of esters is 1. The molecule has 0 saturated heterocycles. The van der Waals surface area contributed by atoms with Crippen molar-refractivity contribution in [2.75, 3.05) is 13.2 Å². The van der Waals surface area contributed by atoms with Gasteiger partial charge in [0.15, 0.2) is 0 Å². The van der Waals surface area contributed by atoms with Crippen LogP contribution in [0.4, 0.5) is 4.79 Å². The minimum atomic E-state index is -0.430. The minimum absolute atomic E-state index is 0.109. The summed E-state index contributed by atoms with van der Waals surface area (Å²) in [6.45, 7) is 6.15. The number of carbonyl (C=O) groups is 2. The van der Waals surface area contributed by atoms with E-state index >= 15 is 0 Å². The summed E-state index contributed by atoms with van der Waals surface area (Å²) in [5.74, 6) is -0.430. The summed E-state index contributed by atoms with van der Waals surface area (Å²) < 4.78 is 5.15. The van der Waals surface area contributed by atoms with Crippen molar-refractivity contribution in [1.82, 2.24) is 16.0 Å². The molecule has 142 valence electrons. The van der Waals surface area contributed by atoms with Gasteiger partial charge in [-0.2, -0.15) is 0 Å². The smallest absolute Gasteiger partial charge is 0.337 e. The lowest BCUT2D eigenvalue weighted by molar-refractivity contribution is -0.139. The number of nitrogens with one attached hydrogen (secondary N) is 3. The maximum atomic E-state index is 12.4. The predicted molar refractivity (Wildman–Crippen MR) is 102 cm³/mol. The van der Waals surface area contributed by atoms with Gasteiger partial charge in [-0.3, -0.25) is 0 Å². The second-order valence-corrected chi connectivity index (χ2v) is 6.78. The number of amides is 2. The molecule has 1 heterocycles. The van der Waals surface area contributed by atoms with Crippen LogP contribution in [-0.2, 0) is 9.53 Å². The number of ether oxygens (including phenoxy) is 1. The van der Waals surface area contributed by atoms with Crippen LogP contribution >= 0.6 is 23.2 Å². The molecule has 1 aliphatic heterocycles. The van der Waals surface area contributed by atoms with Gasteiger partial charge in [0.2, 0.25) is 0 Å². The summed E-state index contributed by atoms with van der Waals surface area (Å²) >= 11 is 12.2. The molecule has 0 aromatic heterocycles. The maximum absolute atomic E-state index is 12.4. The van der Waals surface area contributed by atoms with Crippen molar-refractivity contribution in [1.29, 1.82) is 0 Å². The van der Waals surface area contributed by atoms with Gasteiger partial charge in [-0.25, -0.2) is 9.59 Å². The van der Waals surface area contributed by atoms with E-state index in [9.17, 15) is 9.59 Å². The number of hydrogen-bond donors (Lipinski definition) is 3. The SMILES string of the molecule is CCOC(=O)C1=C(CN[C@@H](C)c2ccc(Cl)cc2Cl)NC(=O)N[C@H]1CC. The molecule has 0 saturated carbocycles. The van der Waals surface area contributed by atoms with Crippen LogP contribution in [0.3, 0.4) is 0 Å². The molecule has 0 bridgehead atoms. The van der Waals surface area contributed by atoms with Gasteiger partial charge in [-0.05, 0) is 38.0 Å². The fourth-order valence-electron chi connectivity index (χ4n) is 2.82. The van der Waals surface area contributed by atoms with Crippen LogP contribution in [-0.4, -0.2) is 31.2 Å². The molecule has 0 aliphatic carbocycles. The summed E-state index contributed by atoms with van der Waals surface area (Å²) in [4.78, 5) is 24.3. The Kier molecular flexibility index (Phi) is 7.32. The molecule has 2 atom stereocenters. The molecule has 0 fully saturated rings. The highest BCUT2D eigenvalue weighted by atomic mass is 35.5. The van der Waals surface area contributed by atoms with Crippen LogP contribution in [0.15, 0.2) is 29.5 Å². The second-order valence-electron chi connectivity index (χ2n) is 5.94. The van der Waals surface area contributed by atoms with Crippen molar-refractivity contribution in [2.45, 2.75) is 39.3 Å². The predicted octanol–water partition coefficient (Wildman–Crippen LogP) is 3.55. The lowest BCUT2D eigenvalue weighted by Crippen LogP contribution is -2.52. The van der Waals surface area contributed by atoms with E-state index in [1.165, 1.54) is 0 Å². The summed E-state index contributed by atoms with van der Waals surface area (Å²) in [7, 11) is 0. The second kappa shape index (κ2) is 9.26. The zero-order chi connectivity index (χ0) is 19.3. The fraction of sp³-hybridized carbons (Fsp3) is 0.444. The molecular weight excluding hydrogens is 377 g/mol. The van der Waals surface area contributed by atoms with Gasteiger partial charge in [0.1, 0.15) is 0 Å². The van der Waals surface area contributed by atoms with E-state index in [4.69, 9.17) is 27.9 Å². The average molecular weight is 400 g/mol. The van der Waals surface area contributed by atoms with Crippen LogP contribution < -0.4 is 16.0 Å². The van der Waals surface area contributed by atoms with E-state index in [-0.39, 0.29) is 31.3 Å². The Balaban J connectivity index is 2.21. The Labute approximate surface area is 163 Å². The summed E-state index contributed by atoms with van der Waals surface area (Å²) in [5, 5.41) is 9.86. The van der Waals surface area contributed by atoms with E-state index in [0.29, 0.717) is 27.7 Å². The number of hydrogen-bond acceptors (Lipinski definition) is 4. The lowest BCUT2D eigenvalue weighted by Gasteiger charge is -2.29. The van der Waals surface area contributed by atoms with Gasteiger partial charge in [0.05, 0.1) is 18.2 Å². The standard InChI is InChI=1S/C18H23Cl2N3O3/c1-4-14-16(17(24)26-5-2)15(23-18(25)22-14)9-21-10(3)12-7-6-11(19)8-13(12)20/h6-8,10,14,21H,4-5,9H2,1-3H3,(H2,22,23,25)/t10-,14-/m0/s1. The van der Waals surface area contributed by atoms with Gasteiger partial charge < -0.3 is 20.7 Å². The van der Waals surface area contributed by atoms with Crippen molar-refractivity contribution in [3.05, 3.63) is 45.1 Å². The zero-order valence-electron chi connectivity index (χ0n) is 15.0. The Bertz CT molecular complexity index is 722. The van der Waals surface area contributed by atoms with Crippen molar-refractivity contribution < 1.29 is 14.3 Å². The third-order valence-corrected chi connectivity index (χ3v) is 4.72. The summed E-state index contributed by atoms with van der Waals surface area (Å²) in [5.41, 5.74) is 1.83. The minimum Gasteiger partial charge on any atom is -0.463 e. The molecular formula is C18H23Cl2N3O3. The van der Waals surface area contributed by atoms with Crippen molar-refractivity contribution in [3.8, 4) is 0 Å². The molecule has 0 unspecified atom stereocenters. The first-order valence-corrected chi connectivity index (χ1v) is 9.28. The van der Waals surface area contributed by atoms with E-state index in [1.54, 1.807) is 19.1 Å². The van der Waals surface area contributed by atoms with Crippen LogP contribution in [0.25, 0.3) is 0 Å². The molecule has 3 N–H and O–H groups in total. The highest BCUT2D eigenvalue weighted by Crippen LogP contribution is 2.26. The van der Waals surface area contributed by atoms with E-state index in [0.717, 1.165) is 5.56 Å². The quantitative estimate of drug-likeness (QED) is 0.612. The van der Waals surface area contributed by atoms with Crippen molar-refractivity contribution >= 4 is 35.2 Å². The Hall–Kier alpha value is -1.76. The van der Waals surface area contributed by atoms with Crippen LogP contribution in [0.5, 0.6) is 0 Å². The first kappa shape index (κ1) is 20.6. The molecule has 6 nitrogen and oxygen atoms in total. The van der Waals surface area contributed by atoms with Crippen LogP contribution in [0, 0.1) is 0 Å². The van der Waals surface area contributed by atoms with Crippen LogP contribution in [0.2, 0.25) is 10.0 Å². The van der Waals surface area contributed by atoms with Gasteiger partial charge in [-0.1, -0.05) is 36.2 Å². The van der Waals surface area contributed by atoms with Gasteiger partial charge in [0.25, 0.3) is 0 Å². The van der Waals surface area contributed by atoms with Crippen molar-refractivity contribution in [3.63, 3.8) is 0 Å². The molecule has 2 rings (SSSR count). The normalized spacial score (nSPS) is 18.2. The molecule has 8 heteroatoms.